The number of rotatable bonds is 4. The molecular weight excluding hydrogens is 384 g/mol. The zero-order chi connectivity index (χ0) is 18.9. The Kier molecular flexibility index (Phi) is 5.16. The molecule has 0 spiro atoms. The molecule has 1 amide bonds. The Morgan fingerprint density at radius 1 is 1.07 bits per heavy atom. The molecule has 2 saturated heterocycles. The summed E-state index contributed by atoms with van der Waals surface area (Å²) in [5.41, 5.74) is 0. The molecule has 2 aromatic rings. The Bertz CT molecular complexity index is 879. The summed E-state index contributed by atoms with van der Waals surface area (Å²) >= 11 is 1.59. The molecule has 1 aromatic carbocycles. The van der Waals surface area contributed by atoms with Gasteiger partial charge in [0.2, 0.25) is 15.9 Å². The largest absolute Gasteiger partial charge is 0.345 e. The summed E-state index contributed by atoms with van der Waals surface area (Å²) in [6, 6.07) is 7.77. The van der Waals surface area contributed by atoms with E-state index in [1.54, 1.807) is 52.8 Å². The summed E-state index contributed by atoms with van der Waals surface area (Å²) in [5.74, 6) is -0.0780. The van der Waals surface area contributed by atoms with Crippen molar-refractivity contribution in [3.8, 4) is 0 Å². The maximum Gasteiger partial charge on any atom is 0.243 e. The van der Waals surface area contributed by atoms with E-state index in [1.165, 1.54) is 4.31 Å². The molecule has 1 unspecified atom stereocenters. The lowest BCUT2D eigenvalue weighted by molar-refractivity contribution is -0.134. The molecule has 2 fully saturated rings. The number of carbonyl (C=O) groups excluding carboxylic acids is 1. The van der Waals surface area contributed by atoms with Crippen LogP contribution in [0.1, 0.15) is 12.8 Å². The highest BCUT2D eigenvalue weighted by Gasteiger charge is 2.41. The number of piperazine rings is 1. The Labute approximate surface area is 163 Å². The van der Waals surface area contributed by atoms with Crippen molar-refractivity contribution >= 4 is 32.4 Å². The fraction of sp³-hybridized carbons (Fsp3) is 0.444. The quantitative estimate of drug-likeness (QED) is 0.772. The third-order valence-corrected chi connectivity index (χ3v) is 7.87. The van der Waals surface area contributed by atoms with Crippen molar-refractivity contribution in [2.24, 2.45) is 0 Å². The predicted octanol–water partition coefficient (Wildman–Crippen LogP) is 1.64. The van der Waals surface area contributed by atoms with Gasteiger partial charge in [0, 0.05) is 44.3 Å². The van der Waals surface area contributed by atoms with Crippen LogP contribution in [-0.2, 0) is 14.8 Å². The number of amides is 1. The SMILES string of the molecule is O=C(C1CCCN1S(=O)(=O)c1ccccc1)N1CCN(c2nccs2)CC1. The van der Waals surface area contributed by atoms with E-state index in [0.29, 0.717) is 32.5 Å². The lowest BCUT2D eigenvalue weighted by atomic mass is 10.2. The number of carbonyl (C=O) groups is 1. The standard InChI is InChI=1S/C18H22N4O3S2/c23-17(20-10-12-21(13-11-20)18-19-8-14-26-18)16-7-4-9-22(16)27(24,25)15-5-2-1-3-6-15/h1-3,5-6,8,14,16H,4,7,9-13H2. The Morgan fingerprint density at radius 3 is 2.48 bits per heavy atom. The van der Waals surface area contributed by atoms with Crippen LogP contribution in [-0.4, -0.2) is 67.3 Å². The molecule has 27 heavy (non-hydrogen) atoms. The van der Waals surface area contributed by atoms with E-state index in [1.807, 2.05) is 5.38 Å². The molecule has 0 aliphatic carbocycles. The van der Waals surface area contributed by atoms with Crippen LogP contribution >= 0.6 is 11.3 Å². The predicted molar refractivity (Wildman–Crippen MR) is 104 cm³/mol. The maximum atomic E-state index is 13.1. The van der Waals surface area contributed by atoms with Crippen LogP contribution in [0.15, 0.2) is 46.8 Å². The summed E-state index contributed by atoms with van der Waals surface area (Å²) in [6.45, 7) is 3.02. The van der Waals surface area contributed by atoms with Crippen molar-refractivity contribution in [2.75, 3.05) is 37.6 Å². The van der Waals surface area contributed by atoms with Crippen LogP contribution < -0.4 is 4.90 Å². The van der Waals surface area contributed by atoms with Gasteiger partial charge < -0.3 is 9.80 Å². The fourth-order valence-corrected chi connectivity index (χ4v) is 6.07. The third-order valence-electron chi connectivity index (χ3n) is 5.12. The van der Waals surface area contributed by atoms with Crippen LogP contribution in [0.2, 0.25) is 0 Å². The second-order valence-electron chi connectivity index (χ2n) is 6.71. The zero-order valence-corrected chi connectivity index (χ0v) is 16.5. The Morgan fingerprint density at radius 2 is 1.81 bits per heavy atom. The minimum Gasteiger partial charge on any atom is -0.345 e. The fourth-order valence-electron chi connectivity index (χ4n) is 3.70. The number of hydrogen-bond donors (Lipinski definition) is 0. The normalized spacial score (nSPS) is 21.6. The number of nitrogens with zero attached hydrogens (tertiary/aromatic N) is 4. The van der Waals surface area contributed by atoms with Crippen LogP contribution in [0.4, 0.5) is 5.13 Å². The van der Waals surface area contributed by atoms with Gasteiger partial charge in [-0.05, 0) is 25.0 Å². The Hall–Kier alpha value is -1.97. The van der Waals surface area contributed by atoms with E-state index in [9.17, 15) is 13.2 Å². The van der Waals surface area contributed by atoms with Gasteiger partial charge in [-0.2, -0.15) is 4.31 Å². The van der Waals surface area contributed by atoms with Crippen molar-refractivity contribution in [2.45, 2.75) is 23.8 Å². The van der Waals surface area contributed by atoms with E-state index in [-0.39, 0.29) is 10.8 Å². The molecule has 1 atom stereocenters. The summed E-state index contributed by atoms with van der Waals surface area (Å²) in [7, 11) is -3.65. The molecule has 9 heteroatoms. The summed E-state index contributed by atoms with van der Waals surface area (Å²) in [6.07, 6.45) is 3.07. The van der Waals surface area contributed by atoms with E-state index in [2.05, 4.69) is 9.88 Å². The van der Waals surface area contributed by atoms with Gasteiger partial charge in [-0.25, -0.2) is 13.4 Å². The first-order valence-electron chi connectivity index (χ1n) is 9.07. The Balaban J connectivity index is 1.46. The van der Waals surface area contributed by atoms with Crippen molar-refractivity contribution in [3.05, 3.63) is 41.9 Å². The van der Waals surface area contributed by atoms with Crippen molar-refractivity contribution < 1.29 is 13.2 Å². The minimum absolute atomic E-state index is 0.0780. The zero-order valence-electron chi connectivity index (χ0n) is 14.9. The molecule has 1 aromatic heterocycles. The van der Waals surface area contributed by atoms with E-state index in [4.69, 9.17) is 0 Å². The third kappa shape index (κ3) is 3.59. The smallest absolute Gasteiger partial charge is 0.243 e. The highest BCUT2D eigenvalue weighted by Crippen LogP contribution is 2.28. The molecule has 0 radical (unpaired) electrons. The number of hydrogen-bond acceptors (Lipinski definition) is 6. The van der Waals surface area contributed by atoms with Gasteiger partial charge in [-0.15, -0.1) is 11.3 Å². The lowest BCUT2D eigenvalue weighted by Gasteiger charge is -2.37. The highest BCUT2D eigenvalue weighted by molar-refractivity contribution is 7.89. The molecule has 0 saturated carbocycles. The summed E-state index contributed by atoms with van der Waals surface area (Å²) in [5, 5.41) is 2.91. The average Bonchev–Trinajstić information content (AvgIpc) is 3.40. The van der Waals surface area contributed by atoms with Crippen LogP contribution in [0, 0.1) is 0 Å². The first-order valence-corrected chi connectivity index (χ1v) is 11.4. The molecule has 2 aliphatic rings. The van der Waals surface area contributed by atoms with Crippen molar-refractivity contribution in [1.82, 2.24) is 14.2 Å². The number of aromatic nitrogens is 1. The van der Waals surface area contributed by atoms with Crippen LogP contribution in [0.25, 0.3) is 0 Å². The molecular formula is C18H22N4O3S2. The van der Waals surface area contributed by atoms with Gasteiger partial charge in [-0.1, -0.05) is 18.2 Å². The van der Waals surface area contributed by atoms with Crippen LogP contribution in [0.3, 0.4) is 0 Å². The van der Waals surface area contributed by atoms with Gasteiger partial charge in [0.05, 0.1) is 4.90 Å². The number of thiazole rings is 1. The van der Waals surface area contributed by atoms with Gasteiger partial charge in [0.25, 0.3) is 0 Å². The van der Waals surface area contributed by atoms with Crippen molar-refractivity contribution in [3.63, 3.8) is 0 Å². The van der Waals surface area contributed by atoms with Gasteiger partial charge in [-0.3, -0.25) is 4.79 Å². The monoisotopic (exact) mass is 406 g/mol. The van der Waals surface area contributed by atoms with E-state index < -0.39 is 16.1 Å². The summed E-state index contributed by atoms with van der Waals surface area (Å²) < 4.78 is 27.3. The van der Waals surface area contributed by atoms with Crippen molar-refractivity contribution in [1.29, 1.82) is 0 Å². The average molecular weight is 407 g/mol. The lowest BCUT2D eigenvalue weighted by Crippen LogP contribution is -2.54. The van der Waals surface area contributed by atoms with Gasteiger partial charge in [0.15, 0.2) is 5.13 Å². The summed E-state index contributed by atoms with van der Waals surface area (Å²) in [4.78, 5) is 21.6. The molecule has 2 aliphatic heterocycles. The maximum absolute atomic E-state index is 13.1. The van der Waals surface area contributed by atoms with E-state index in [0.717, 1.165) is 18.2 Å². The second kappa shape index (κ2) is 7.57. The van der Waals surface area contributed by atoms with Gasteiger partial charge in [0.1, 0.15) is 6.04 Å². The molecule has 7 nitrogen and oxygen atoms in total. The number of anilines is 1. The molecule has 144 valence electrons. The highest BCUT2D eigenvalue weighted by atomic mass is 32.2. The van der Waals surface area contributed by atoms with Crippen LogP contribution in [0.5, 0.6) is 0 Å². The first-order chi connectivity index (χ1) is 13.1. The number of sulfonamides is 1. The second-order valence-corrected chi connectivity index (χ2v) is 9.48. The molecule has 3 heterocycles. The molecule has 0 bridgehead atoms. The number of benzene rings is 1. The first kappa shape index (κ1) is 18.4. The minimum atomic E-state index is -3.65. The van der Waals surface area contributed by atoms with Gasteiger partial charge >= 0.3 is 0 Å². The molecule has 0 N–H and O–H groups in total. The topological polar surface area (TPSA) is 73.8 Å². The van der Waals surface area contributed by atoms with E-state index >= 15 is 0 Å². The molecule has 4 rings (SSSR count).